The van der Waals surface area contributed by atoms with Crippen molar-refractivity contribution in [2.24, 2.45) is 0 Å². The van der Waals surface area contributed by atoms with Gasteiger partial charge in [0.2, 0.25) is 0 Å². The number of nitrogens with one attached hydrogen (secondary N) is 1. The van der Waals surface area contributed by atoms with Gasteiger partial charge in [-0.05, 0) is 36.4 Å². The lowest BCUT2D eigenvalue weighted by atomic mass is 10.0. The Kier molecular flexibility index (Phi) is 8.98. The molecule has 0 radical (unpaired) electrons. The average molecular weight is 673 g/mol. The summed E-state index contributed by atoms with van der Waals surface area (Å²) in [5, 5.41) is 2.17. The molecule has 5 rings (SSSR count). The van der Waals surface area contributed by atoms with Crippen LogP contribution in [-0.2, 0) is 26.9 Å². The summed E-state index contributed by atoms with van der Waals surface area (Å²) in [5.74, 6) is -5.65. The highest BCUT2D eigenvalue weighted by atomic mass is 19.4. The van der Waals surface area contributed by atoms with E-state index in [1.807, 2.05) is 0 Å². The predicted molar refractivity (Wildman–Crippen MR) is 149 cm³/mol. The summed E-state index contributed by atoms with van der Waals surface area (Å²) < 4.78 is 123. The van der Waals surface area contributed by atoms with E-state index >= 15 is 8.78 Å². The Bertz CT molecular complexity index is 1800. The standard InChI is InChI=1S/C29H24F8N6O4/c1-46-27(45)20(40-26(44)23-18(30)10-15(11-19(23)31)42-8-9-47-13-21(42)29(35,36)37)12-14-2-3-16(25-39-6-7-43(14)25)24-17(28(32,33)34)4-5-22(38)41-24/h2-7,10-11,20-21H,8-9,12-13H2,1H3,(H2,38,41)(H,40,44)/t20-,21+/m0/s1. The molecule has 1 aliphatic rings. The number of amides is 1. The zero-order valence-electron chi connectivity index (χ0n) is 24.1. The molecule has 47 heavy (non-hydrogen) atoms. The van der Waals surface area contributed by atoms with Gasteiger partial charge in [0.15, 0.2) is 0 Å². The number of nitrogens with zero attached hydrogens (tertiary/aromatic N) is 4. The topological polar surface area (TPSA) is 124 Å². The monoisotopic (exact) mass is 672 g/mol. The number of nitrogen functional groups attached to an aromatic ring is 1. The van der Waals surface area contributed by atoms with Gasteiger partial charge in [0.1, 0.15) is 40.7 Å². The van der Waals surface area contributed by atoms with Gasteiger partial charge >= 0.3 is 18.3 Å². The number of pyridine rings is 2. The lowest BCUT2D eigenvalue weighted by Crippen LogP contribution is -2.53. The smallest absolute Gasteiger partial charge is 0.418 e. The van der Waals surface area contributed by atoms with E-state index in [1.165, 1.54) is 28.9 Å². The summed E-state index contributed by atoms with van der Waals surface area (Å²) in [4.78, 5) is 34.4. The minimum Gasteiger partial charge on any atom is -0.467 e. The number of hydrogen-bond acceptors (Lipinski definition) is 8. The van der Waals surface area contributed by atoms with Gasteiger partial charge in [0.25, 0.3) is 5.91 Å². The van der Waals surface area contributed by atoms with Crippen LogP contribution in [0.15, 0.2) is 48.8 Å². The van der Waals surface area contributed by atoms with E-state index in [2.05, 4.69) is 15.3 Å². The Morgan fingerprint density at radius 3 is 2.45 bits per heavy atom. The maximum atomic E-state index is 15.2. The number of halogens is 8. The van der Waals surface area contributed by atoms with E-state index in [0.29, 0.717) is 17.0 Å². The fourth-order valence-corrected chi connectivity index (χ4v) is 5.23. The minimum atomic E-state index is -4.79. The lowest BCUT2D eigenvalue weighted by Gasteiger charge is -2.38. The van der Waals surface area contributed by atoms with Crippen molar-refractivity contribution >= 4 is 29.0 Å². The third-order valence-electron chi connectivity index (χ3n) is 7.41. The first-order valence-electron chi connectivity index (χ1n) is 13.7. The Hall–Kier alpha value is -5.00. The second kappa shape index (κ2) is 12.7. The highest BCUT2D eigenvalue weighted by molar-refractivity contribution is 5.97. The predicted octanol–water partition coefficient (Wildman–Crippen LogP) is 4.56. The molecule has 1 fully saturated rings. The van der Waals surface area contributed by atoms with E-state index in [4.69, 9.17) is 15.2 Å². The number of carbonyl (C=O) groups excluding carboxylic acids is 2. The van der Waals surface area contributed by atoms with E-state index in [0.717, 1.165) is 19.2 Å². The van der Waals surface area contributed by atoms with Crippen molar-refractivity contribution in [2.45, 2.75) is 30.9 Å². The fraction of sp³-hybridized carbons (Fsp3) is 0.310. The number of carbonyl (C=O) groups is 2. The van der Waals surface area contributed by atoms with Gasteiger partial charge in [-0.15, -0.1) is 0 Å². The number of benzene rings is 1. The van der Waals surface area contributed by atoms with E-state index in [1.54, 1.807) is 0 Å². The van der Waals surface area contributed by atoms with Crippen LogP contribution in [0.4, 0.5) is 46.6 Å². The molecule has 4 aromatic rings. The van der Waals surface area contributed by atoms with Gasteiger partial charge in [-0.1, -0.05) is 0 Å². The van der Waals surface area contributed by atoms with Crippen molar-refractivity contribution in [3.05, 3.63) is 77.2 Å². The molecule has 4 heterocycles. The number of ether oxygens (including phenoxy) is 2. The van der Waals surface area contributed by atoms with Crippen molar-refractivity contribution in [1.29, 1.82) is 0 Å². The summed E-state index contributed by atoms with van der Waals surface area (Å²) in [6.45, 7) is -1.23. The molecule has 0 saturated carbocycles. The summed E-state index contributed by atoms with van der Waals surface area (Å²) in [5.41, 5.74) is 2.54. The Morgan fingerprint density at radius 2 is 1.81 bits per heavy atom. The minimum absolute atomic E-state index is 0.0195. The summed E-state index contributed by atoms with van der Waals surface area (Å²) >= 11 is 0. The zero-order chi connectivity index (χ0) is 34.3. The number of esters is 1. The van der Waals surface area contributed by atoms with Crippen molar-refractivity contribution in [2.75, 3.05) is 37.5 Å². The number of aromatic nitrogens is 3. The molecule has 3 N–H and O–H groups in total. The third kappa shape index (κ3) is 6.77. The number of methoxy groups -OCH3 is 1. The molecule has 1 amide bonds. The lowest BCUT2D eigenvalue weighted by molar-refractivity contribution is -0.167. The highest BCUT2D eigenvalue weighted by Crippen LogP contribution is 2.38. The van der Waals surface area contributed by atoms with E-state index in [9.17, 15) is 35.9 Å². The normalized spacial score (nSPS) is 16.3. The molecule has 0 aliphatic carbocycles. The number of fused-ring (bicyclic) bond motifs is 1. The van der Waals surface area contributed by atoms with Crippen LogP contribution in [0.3, 0.4) is 0 Å². The molecule has 250 valence electrons. The number of alkyl halides is 6. The van der Waals surface area contributed by atoms with Crippen molar-refractivity contribution in [3.8, 4) is 11.3 Å². The molecular formula is C29H24F8N6O4. The van der Waals surface area contributed by atoms with Gasteiger partial charge in [0, 0.05) is 42.3 Å². The molecule has 1 aromatic carbocycles. The Morgan fingerprint density at radius 1 is 1.11 bits per heavy atom. The molecule has 0 spiro atoms. The van der Waals surface area contributed by atoms with Gasteiger partial charge in [-0.25, -0.2) is 23.5 Å². The van der Waals surface area contributed by atoms with Crippen molar-refractivity contribution in [3.63, 3.8) is 0 Å². The van der Waals surface area contributed by atoms with Crippen LogP contribution in [0, 0.1) is 11.6 Å². The molecule has 1 aliphatic heterocycles. The second-order valence-electron chi connectivity index (χ2n) is 10.4. The van der Waals surface area contributed by atoms with Crippen molar-refractivity contribution < 1.29 is 54.2 Å². The maximum absolute atomic E-state index is 15.2. The summed E-state index contributed by atoms with van der Waals surface area (Å²) in [7, 11) is 0.983. The molecule has 18 heteroatoms. The molecule has 10 nitrogen and oxygen atoms in total. The van der Waals surface area contributed by atoms with E-state index < -0.39 is 83.5 Å². The van der Waals surface area contributed by atoms with Crippen LogP contribution in [0.2, 0.25) is 0 Å². The zero-order valence-corrected chi connectivity index (χ0v) is 24.1. The van der Waals surface area contributed by atoms with E-state index in [-0.39, 0.29) is 35.9 Å². The first kappa shape index (κ1) is 33.4. The molecule has 1 saturated heterocycles. The Balaban J connectivity index is 1.45. The maximum Gasteiger partial charge on any atom is 0.418 e. The molecule has 3 aromatic heterocycles. The van der Waals surface area contributed by atoms with Gasteiger partial charge in [-0.3, -0.25) is 4.79 Å². The summed E-state index contributed by atoms with van der Waals surface area (Å²) in [6, 6.07) is 1.72. The van der Waals surface area contributed by atoms with Gasteiger partial charge in [0.05, 0.1) is 31.6 Å². The molecule has 0 unspecified atom stereocenters. The van der Waals surface area contributed by atoms with Crippen LogP contribution in [0.1, 0.15) is 21.6 Å². The largest absolute Gasteiger partial charge is 0.467 e. The fourth-order valence-electron chi connectivity index (χ4n) is 5.23. The average Bonchev–Trinajstić information content (AvgIpc) is 3.49. The van der Waals surface area contributed by atoms with Crippen LogP contribution in [0.25, 0.3) is 16.9 Å². The Labute approximate surface area is 260 Å². The first-order chi connectivity index (χ1) is 22.1. The SMILES string of the molecule is COC(=O)[C@H](Cc1ccc(-c2nc(N)ccc2C(F)(F)F)c2nccn12)NC(=O)c1c(F)cc(N2CCOC[C@@H]2C(F)(F)F)cc1F. The quantitative estimate of drug-likeness (QED) is 0.217. The van der Waals surface area contributed by atoms with Crippen LogP contribution in [0.5, 0.6) is 0 Å². The number of nitrogens with two attached hydrogens (primary N) is 1. The first-order valence-corrected chi connectivity index (χ1v) is 13.7. The van der Waals surface area contributed by atoms with Gasteiger partial charge in [-0.2, -0.15) is 26.3 Å². The summed E-state index contributed by atoms with van der Waals surface area (Å²) in [6.07, 6.45) is -7.34. The number of rotatable bonds is 7. The molecule has 2 atom stereocenters. The van der Waals surface area contributed by atoms with Gasteiger partial charge < -0.3 is 29.8 Å². The number of imidazole rings is 1. The third-order valence-corrected chi connectivity index (χ3v) is 7.41. The van der Waals surface area contributed by atoms with Crippen molar-refractivity contribution in [1.82, 2.24) is 19.7 Å². The second-order valence-corrected chi connectivity index (χ2v) is 10.4. The highest BCUT2D eigenvalue weighted by Gasteiger charge is 2.46. The molecular weight excluding hydrogens is 648 g/mol. The van der Waals surface area contributed by atoms with Crippen LogP contribution in [-0.4, -0.2) is 71.4 Å². The molecule has 0 bridgehead atoms. The number of anilines is 2. The number of hydrogen-bond donors (Lipinski definition) is 2. The number of morpholine rings is 1. The van der Waals surface area contributed by atoms with Crippen LogP contribution < -0.4 is 16.0 Å². The van der Waals surface area contributed by atoms with Crippen LogP contribution >= 0.6 is 0 Å².